The van der Waals surface area contributed by atoms with E-state index in [1.54, 1.807) is 20.2 Å². The quantitative estimate of drug-likeness (QED) is 0.811. The number of benzene rings is 1. The molecule has 21 heavy (non-hydrogen) atoms. The highest BCUT2D eigenvalue weighted by Crippen LogP contribution is 2.13. The van der Waals surface area contributed by atoms with E-state index in [2.05, 4.69) is 11.0 Å². The Bertz CT molecular complexity index is 629. The molecule has 114 valence electrons. The molecule has 0 aromatic heterocycles. The van der Waals surface area contributed by atoms with Gasteiger partial charge in [-0.3, -0.25) is 4.90 Å². The first-order chi connectivity index (χ1) is 9.93. The summed E-state index contributed by atoms with van der Waals surface area (Å²) in [6.07, 6.45) is 0. The zero-order chi connectivity index (χ0) is 15.5. The molecular weight excluding hydrogens is 288 g/mol. The maximum absolute atomic E-state index is 12.0. The molecule has 0 bridgehead atoms. The van der Waals surface area contributed by atoms with Gasteiger partial charge in [-0.25, -0.2) is 0 Å². The Morgan fingerprint density at radius 2 is 1.90 bits per heavy atom. The zero-order valence-electron chi connectivity index (χ0n) is 12.4. The van der Waals surface area contributed by atoms with Crippen LogP contribution >= 0.6 is 0 Å². The number of hydrogen-bond acceptors (Lipinski definition) is 4. The average molecular weight is 308 g/mol. The van der Waals surface area contributed by atoms with Crippen LogP contribution in [0.3, 0.4) is 0 Å². The maximum atomic E-state index is 12.0. The van der Waals surface area contributed by atoms with E-state index < -0.39 is 10.2 Å². The molecule has 0 atom stereocenters. The van der Waals surface area contributed by atoms with Gasteiger partial charge in [0.05, 0.1) is 11.6 Å². The minimum Gasteiger partial charge on any atom is -0.296 e. The van der Waals surface area contributed by atoms with Gasteiger partial charge in [0.2, 0.25) is 0 Å². The Kier molecular flexibility index (Phi) is 4.96. The van der Waals surface area contributed by atoms with E-state index in [0.717, 1.165) is 12.1 Å². The topological polar surface area (TPSA) is 67.7 Å². The fraction of sp³-hybridized carbons (Fsp3) is 0.500. The fourth-order valence-corrected chi connectivity index (χ4v) is 3.43. The molecule has 0 N–H and O–H groups in total. The van der Waals surface area contributed by atoms with Gasteiger partial charge >= 0.3 is 0 Å². The lowest BCUT2D eigenvalue weighted by atomic mass is 10.1. The minimum absolute atomic E-state index is 0.498. The molecule has 1 aliphatic rings. The van der Waals surface area contributed by atoms with Crippen LogP contribution in [0.2, 0.25) is 0 Å². The second kappa shape index (κ2) is 6.54. The SMILES string of the molecule is CN(C)S(=O)(=O)N1CCN(Cc2cccc(C#N)c2)CC1. The van der Waals surface area contributed by atoms with Gasteiger partial charge in [-0.1, -0.05) is 12.1 Å². The summed E-state index contributed by atoms with van der Waals surface area (Å²) < 4.78 is 26.8. The molecule has 1 aromatic carbocycles. The summed E-state index contributed by atoms with van der Waals surface area (Å²) in [6, 6.07) is 9.66. The molecule has 6 nitrogen and oxygen atoms in total. The van der Waals surface area contributed by atoms with Crippen LogP contribution in [-0.2, 0) is 16.8 Å². The van der Waals surface area contributed by atoms with E-state index in [9.17, 15) is 8.42 Å². The molecule has 2 rings (SSSR count). The monoisotopic (exact) mass is 308 g/mol. The fourth-order valence-electron chi connectivity index (χ4n) is 2.35. The van der Waals surface area contributed by atoms with Crippen molar-refractivity contribution in [2.75, 3.05) is 40.3 Å². The van der Waals surface area contributed by atoms with Gasteiger partial charge in [-0.2, -0.15) is 22.3 Å². The lowest BCUT2D eigenvalue weighted by Crippen LogP contribution is -2.51. The van der Waals surface area contributed by atoms with Gasteiger partial charge in [0.1, 0.15) is 0 Å². The number of nitriles is 1. The van der Waals surface area contributed by atoms with Crippen LogP contribution in [0.1, 0.15) is 11.1 Å². The summed E-state index contributed by atoms with van der Waals surface area (Å²) in [5.41, 5.74) is 1.74. The molecule has 1 aromatic rings. The van der Waals surface area contributed by atoms with Gasteiger partial charge in [-0.05, 0) is 17.7 Å². The largest absolute Gasteiger partial charge is 0.296 e. The highest BCUT2D eigenvalue weighted by atomic mass is 32.2. The smallest absolute Gasteiger partial charge is 0.281 e. The summed E-state index contributed by atoms with van der Waals surface area (Å²) in [7, 11) is -0.209. The molecule has 0 radical (unpaired) electrons. The predicted octanol–water partition coefficient (Wildman–Crippen LogP) is 0.482. The molecule has 7 heteroatoms. The Morgan fingerprint density at radius 1 is 1.24 bits per heavy atom. The van der Waals surface area contributed by atoms with Crippen molar-refractivity contribution in [3.05, 3.63) is 35.4 Å². The van der Waals surface area contributed by atoms with Crippen LogP contribution in [0, 0.1) is 11.3 Å². The lowest BCUT2D eigenvalue weighted by Gasteiger charge is -2.35. The van der Waals surface area contributed by atoms with Crippen LogP contribution in [0.5, 0.6) is 0 Å². The van der Waals surface area contributed by atoms with Gasteiger partial charge in [0, 0.05) is 46.8 Å². The molecular formula is C14H20N4O2S. The number of piperazine rings is 1. The van der Waals surface area contributed by atoms with Crippen molar-refractivity contribution in [3.8, 4) is 6.07 Å². The van der Waals surface area contributed by atoms with E-state index in [4.69, 9.17) is 5.26 Å². The normalized spacial score (nSPS) is 17.8. The second-order valence-corrected chi connectivity index (χ2v) is 7.42. The van der Waals surface area contributed by atoms with Gasteiger partial charge < -0.3 is 0 Å². The van der Waals surface area contributed by atoms with Crippen LogP contribution < -0.4 is 0 Å². The Labute approximate surface area is 126 Å². The third-order valence-electron chi connectivity index (χ3n) is 3.58. The Morgan fingerprint density at radius 3 is 2.48 bits per heavy atom. The van der Waals surface area contributed by atoms with E-state index in [1.165, 1.54) is 8.61 Å². The van der Waals surface area contributed by atoms with Crippen LogP contribution in [-0.4, -0.2) is 62.2 Å². The third kappa shape index (κ3) is 3.80. The molecule has 1 heterocycles. The summed E-state index contributed by atoms with van der Waals surface area (Å²) >= 11 is 0. The molecule has 1 saturated heterocycles. The van der Waals surface area contributed by atoms with Crippen LogP contribution in [0.15, 0.2) is 24.3 Å². The van der Waals surface area contributed by atoms with Gasteiger partial charge in [-0.15, -0.1) is 0 Å². The summed E-state index contributed by atoms with van der Waals surface area (Å²) in [5, 5.41) is 8.90. The van der Waals surface area contributed by atoms with Crippen molar-refractivity contribution in [3.63, 3.8) is 0 Å². The van der Waals surface area contributed by atoms with Gasteiger partial charge in [0.25, 0.3) is 10.2 Å². The second-order valence-electron chi connectivity index (χ2n) is 5.28. The molecule has 1 fully saturated rings. The first-order valence-corrected chi connectivity index (χ1v) is 8.22. The first kappa shape index (κ1) is 15.9. The van der Waals surface area contributed by atoms with Crippen molar-refractivity contribution in [1.82, 2.24) is 13.5 Å². The zero-order valence-corrected chi connectivity index (χ0v) is 13.2. The maximum Gasteiger partial charge on any atom is 0.281 e. The predicted molar refractivity (Wildman–Crippen MR) is 80.6 cm³/mol. The Balaban J connectivity index is 1.94. The minimum atomic E-state index is -3.31. The van der Waals surface area contributed by atoms with Crippen molar-refractivity contribution in [2.45, 2.75) is 6.54 Å². The lowest BCUT2D eigenvalue weighted by molar-refractivity contribution is 0.177. The van der Waals surface area contributed by atoms with Crippen molar-refractivity contribution in [2.24, 2.45) is 0 Å². The van der Waals surface area contributed by atoms with Crippen LogP contribution in [0.25, 0.3) is 0 Å². The Hall–Kier alpha value is -1.46. The molecule has 0 amide bonds. The molecule has 0 saturated carbocycles. The van der Waals surface area contributed by atoms with E-state index in [0.29, 0.717) is 31.7 Å². The van der Waals surface area contributed by atoms with E-state index in [1.807, 2.05) is 18.2 Å². The highest BCUT2D eigenvalue weighted by Gasteiger charge is 2.28. The molecule has 0 unspecified atom stereocenters. The third-order valence-corrected chi connectivity index (χ3v) is 5.52. The summed E-state index contributed by atoms with van der Waals surface area (Å²) in [4.78, 5) is 2.21. The summed E-state index contributed by atoms with van der Waals surface area (Å²) in [6.45, 7) is 3.13. The number of rotatable bonds is 4. The van der Waals surface area contributed by atoms with Crippen molar-refractivity contribution >= 4 is 10.2 Å². The van der Waals surface area contributed by atoms with Crippen molar-refractivity contribution < 1.29 is 8.42 Å². The van der Waals surface area contributed by atoms with Gasteiger partial charge in [0.15, 0.2) is 0 Å². The molecule has 0 aliphatic carbocycles. The number of hydrogen-bond donors (Lipinski definition) is 0. The standard InChI is InChI=1S/C14H20N4O2S/c1-16(2)21(19,20)18-8-6-17(7-9-18)12-14-5-3-4-13(10-14)11-15/h3-5,10H,6-9,12H2,1-2H3. The van der Waals surface area contributed by atoms with Crippen molar-refractivity contribution in [1.29, 1.82) is 5.26 Å². The molecule has 0 spiro atoms. The highest BCUT2D eigenvalue weighted by molar-refractivity contribution is 7.86. The van der Waals surface area contributed by atoms with E-state index in [-0.39, 0.29) is 0 Å². The summed E-state index contributed by atoms with van der Waals surface area (Å²) in [5.74, 6) is 0. The van der Waals surface area contributed by atoms with E-state index >= 15 is 0 Å². The average Bonchev–Trinajstić information content (AvgIpc) is 2.48. The number of nitrogens with zero attached hydrogens (tertiary/aromatic N) is 4. The molecule has 1 aliphatic heterocycles. The van der Waals surface area contributed by atoms with Crippen LogP contribution in [0.4, 0.5) is 0 Å². The first-order valence-electron chi connectivity index (χ1n) is 6.82.